The summed E-state index contributed by atoms with van der Waals surface area (Å²) in [4.78, 5) is 15.2. The Kier molecular flexibility index (Phi) is 6.34. The molecule has 3 aromatic carbocycles. The highest BCUT2D eigenvalue weighted by atomic mass is 16.5. The summed E-state index contributed by atoms with van der Waals surface area (Å²) in [6.07, 6.45) is 1.49. The van der Waals surface area contributed by atoms with Crippen molar-refractivity contribution >= 4 is 16.7 Å². The molecule has 1 aliphatic heterocycles. The van der Waals surface area contributed by atoms with E-state index in [1.54, 1.807) is 6.92 Å². The van der Waals surface area contributed by atoms with Gasteiger partial charge in [0.1, 0.15) is 0 Å². The summed E-state index contributed by atoms with van der Waals surface area (Å²) < 4.78 is 5.33. The number of hydrogen-bond acceptors (Lipinski definition) is 4. The van der Waals surface area contributed by atoms with Crippen LogP contribution in [0.25, 0.3) is 10.8 Å². The predicted octanol–water partition coefficient (Wildman–Crippen LogP) is 5.08. The third kappa shape index (κ3) is 4.33. The minimum atomic E-state index is -0.813. The first kappa shape index (κ1) is 21.1. The summed E-state index contributed by atoms with van der Waals surface area (Å²) in [5.74, 6) is -1.22. The Balaban J connectivity index is 1.66. The number of ether oxygens (including phenoxy) is 1. The zero-order chi connectivity index (χ0) is 21.7. The first-order chi connectivity index (χ1) is 15.2. The third-order valence-electron chi connectivity index (χ3n) is 6.53. The molecule has 0 aliphatic carbocycles. The van der Waals surface area contributed by atoms with E-state index in [-0.39, 0.29) is 6.61 Å². The van der Waals surface area contributed by atoms with Gasteiger partial charge in [0.05, 0.1) is 12.7 Å². The highest BCUT2D eigenvalue weighted by Crippen LogP contribution is 2.43. The van der Waals surface area contributed by atoms with Gasteiger partial charge in [0.25, 0.3) is 0 Å². The van der Waals surface area contributed by atoms with Gasteiger partial charge < -0.3 is 4.74 Å². The topological polar surface area (TPSA) is 53.3 Å². The van der Waals surface area contributed by atoms with Crippen LogP contribution in [0.15, 0.2) is 72.8 Å². The highest BCUT2D eigenvalue weighted by Gasteiger charge is 2.47. The number of carbonyl (C=O) groups is 1. The molecule has 3 aromatic rings. The molecule has 0 N–H and O–H groups in total. The molecular formula is C27H28N2O2. The summed E-state index contributed by atoms with van der Waals surface area (Å²) >= 11 is 0. The highest BCUT2D eigenvalue weighted by molar-refractivity contribution is 5.84. The van der Waals surface area contributed by atoms with Crippen LogP contribution < -0.4 is 0 Å². The molecule has 0 aromatic heterocycles. The predicted molar refractivity (Wildman–Crippen MR) is 122 cm³/mol. The molecule has 1 fully saturated rings. The largest absolute Gasteiger partial charge is 0.465 e. The maximum atomic E-state index is 12.8. The van der Waals surface area contributed by atoms with E-state index >= 15 is 0 Å². The number of esters is 1. The van der Waals surface area contributed by atoms with Crippen LogP contribution in [0.3, 0.4) is 0 Å². The van der Waals surface area contributed by atoms with E-state index in [0.29, 0.717) is 0 Å². The maximum Gasteiger partial charge on any atom is 0.324 e. The van der Waals surface area contributed by atoms with E-state index in [4.69, 9.17) is 4.74 Å². The van der Waals surface area contributed by atoms with Gasteiger partial charge in [-0.2, -0.15) is 5.26 Å². The van der Waals surface area contributed by atoms with Gasteiger partial charge in [0.15, 0.2) is 5.92 Å². The number of nitriles is 1. The van der Waals surface area contributed by atoms with Crippen LogP contribution >= 0.6 is 0 Å². The van der Waals surface area contributed by atoms with Gasteiger partial charge in [-0.15, -0.1) is 0 Å². The van der Waals surface area contributed by atoms with Crippen LogP contribution in [0.4, 0.5) is 0 Å². The zero-order valence-corrected chi connectivity index (χ0v) is 18.0. The van der Waals surface area contributed by atoms with Gasteiger partial charge in [-0.3, -0.25) is 9.69 Å². The molecule has 31 heavy (non-hydrogen) atoms. The number of piperidine rings is 1. The molecule has 4 rings (SSSR count). The number of nitrogens with zero attached hydrogens (tertiary/aromatic N) is 2. The zero-order valence-electron chi connectivity index (χ0n) is 18.0. The lowest BCUT2D eigenvalue weighted by Crippen LogP contribution is -2.49. The number of fused-ring (bicyclic) bond motifs is 1. The fourth-order valence-electron chi connectivity index (χ4n) is 4.82. The molecule has 1 aliphatic rings. The van der Waals surface area contributed by atoms with Crippen LogP contribution in [-0.4, -0.2) is 30.6 Å². The number of benzene rings is 3. The molecule has 4 nitrogen and oxygen atoms in total. The number of likely N-dealkylation sites (tertiary alicyclic amines) is 1. The van der Waals surface area contributed by atoms with E-state index < -0.39 is 17.3 Å². The normalized spacial score (nSPS) is 17.0. The van der Waals surface area contributed by atoms with Crippen molar-refractivity contribution in [1.29, 1.82) is 5.26 Å². The monoisotopic (exact) mass is 412 g/mol. The molecule has 1 heterocycles. The summed E-state index contributed by atoms with van der Waals surface area (Å²) in [7, 11) is 0. The molecule has 0 spiro atoms. The van der Waals surface area contributed by atoms with E-state index in [9.17, 15) is 10.1 Å². The first-order valence-electron chi connectivity index (χ1n) is 11.0. The number of rotatable bonds is 6. The van der Waals surface area contributed by atoms with Crippen LogP contribution in [0, 0.1) is 17.2 Å². The first-order valence-corrected chi connectivity index (χ1v) is 11.0. The van der Waals surface area contributed by atoms with Crippen molar-refractivity contribution in [3.63, 3.8) is 0 Å². The van der Waals surface area contributed by atoms with Gasteiger partial charge >= 0.3 is 5.97 Å². The molecule has 0 saturated carbocycles. The molecule has 0 bridgehead atoms. The van der Waals surface area contributed by atoms with Gasteiger partial charge in [-0.1, -0.05) is 72.8 Å². The molecule has 0 amide bonds. The Hall–Kier alpha value is -3.16. The van der Waals surface area contributed by atoms with Gasteiger partial charge in [-0.05, 0) is 54.8 Å². The van der Waals surface area contributed by atoms with Gasteiger partial charge in [0.2, 0.25) is 0 Å². The van der Waals surface area contributed by atoms with Crippen molar-refractivity contribution in [1.82, 2.24) is 4.90 Å². The van der Waals surface area contributed by atoms with E-state index in [0.717, 1.165) is 48.8 Å². The van der Waals surface area contributed by atoms with Crippen molar-refractivity contribution < 1.29 is 9.53 Å². The lowest BCUT2D eigenvalue weighted by molar-refractivity contribution is -0.149. The molecule has 158 valence electrons. The number of carbonyl (C=O) groups excluding carboxylic acids is 1. The summed E-state index contributed by atoms with van der Waals surface area (Å²) in [5, 5.41) is 12.3. The summed E-state index contributed by atoms with van der Waals surface area (Å²) in [5.41, 5.74) is 1.80. The van der Waals surface area contributed by atoms with Crippen molar-refractivity contribution in [3.05, 3.63) is 83.9 Å². The maximum absolute atomic E-state index is 12.8. The van der Waals surface area contributed by atoms with Gasteiger partial charge in [0, 0.05) is 12.0 Å². The second-order valence-corrected chi connectivity index (χ2v) is 8.29. The Morgan fingerprint density at radius 2 is 1.71 bits per heavy atom. The second kappa shape index (κ2) is 9.32. The lowest BCUT2D eigenvalue weighted by atomic mass is 9.64. The summed E-state index contributed by atoms with van der Waals surface area (Å²) in [6, 6.07) is 27.3. The Labute approximate surface area is 184 Å². The molecular weight excluding hydrogens is 384 g/mol. The summed E-state index contributed by atoms with van der Waals surface area (Å²) in [6.45, 7) is 4.62. The fourth-order valence-corrected chi connectivity index (χ4v) is 4.82. The third-order valence-corrected chi connectivity index (χ3v) is 6.53. The van der Waals surface area contributed by atoms with E-state index in [2.05, 4.69) is 65.6 Å². The minimum absolute atomic E-state index is 0.283. The molecule has 0 radical (unpaired) electrons. The molecule has 1 saturated heterocycles. The van der Waals surface area contributed by atoms with Crippen molar-refractivity contribution in [3.8, 4) is 6.07 Å². The second-order valence-electron chi connectivity index (χ2n) is 8.29. The Morgan fingerprint density at radius 3 is 2.39 bits per heavy atom. The molecule has 1 unspecified atom stereocenters. The SMILES string of the molecule is CCOC(=O)C(C#N)C1(c2ccc3ccccc3c2)CCN(Cc2ccccc2)CC1. The van der Waals surface area contributed by atoms with Crippen LogP contribution in [0.5, 0.6) is 0 Å². The average Bonchev–Trinajstić information content (AvgIpc) is 2.81. The molecule has 1 atom stereocenters. The van der Waals surface area contributed by atoms with E-state index in [1.165, 1.54) is 5.56 Å². The standard InChI is InChI=1S/C27H28N2O2/c1-2-31-26(30)25(19-28)27(24-13-12-22-10-6-7-11-23(22)18-24)14-16-29(17-15-27)20-21-8-4-3-5-9-21/h3-13,18,25H,2,14-17,20H2,1H3. The Bertz CT molecular complexity index is 1080. The van der Waals surface area contributed by atoms with Crippen LogP contribution in [0.2, 0.25) is 0 Å². The van der Waals surface area contributed by atoms with Crippen LogP contribution in [0.1, 0.15) is 30.9 Å². The number of hydrogen-bond donors (Lipinski definition) is 0. The minimum Gasteiger partial charge on any atom is -0.465 e. The van der Waals surface area contributed by atoms with E-state index in [1.807, 2.05) is 18.2 Å². The van der Waals surface area contributed by atoms with Crippen LogP contribution in [-0.2, 0) is 21.5 Å². The molecule has 4 heteroatoms. The smallest absolute Gasteiger partial charge is 0.324 e. The van der Waals surface area contributed by atoms with Crippen molar-refractivity contribution in [2.24, 2.45) is 5.92 Å². The van der Waals surface area contributed by atoms with Crippen molar-refractivity contribution in [2.75, 3.05) is 19.7 Å². The lowest BCUT2D eigenvalue weighted by Gasteiger charge is -2.44. The van der Waals surface area contributed by atoms with Gasteiger partial charge in [-0.25, -0.2) is 0 Å². The Morgan fingerprint density at radius 1 is 1.03 bits per heavy atom. The fraction of sp³-hybridized carbons (Fsp3) is 0.333. The quantitative estimate of drug-likeness (QED) is 0.530. The average molecular weight is 413 g/mol. The van der Waals surface area contributed by atoms with Crippen molar-refractivity contribution in [2.45, 2.75) is 31.7 Å².